The zero-order valence-electron chi connectivity index (χ0n) is 9.62. The second-order valence-corrected chi connectivity index (χ2v) is 4.34. The van der Waals surface area contributed by atoms with Gasteiger partial charge in [-0.2, -0.15) is 0 Å². The fourth-order valence-electron chi connectivity index (χ4n) is 2.22. The summed E-state index contributed by atoms with van der Waals surface area (Å²) >= 11 is 0. The van der Waals surface area contributed by atoms with Gasteiger partial charge in [-0.3, -0.25) is 19.8 Å². The Balaban J connectivity index is 1.92. The molecule has 7 heteroatoms. The molecule has 0 aromatic heterocycles. The highest BCUT2D eigenvalue weighted by Gasteiger charge is 2.47. The van der Waals surface area contributed by atoms with Gasteiger partial charge < -0.3 is 10.1 Å². The number of carbonyl (C=O) groups excluding carboxylic acids is 3. The average molecular weight is 241 g/mol. The Kier molecular flexibility index (Phi) is 3.01. The number of urea groups is 1. The van der Waals surface area contributed by atoms with Gasteiger partial charge in [0, 0.05) is 13.1 Å². The summed E-state index contributed by atoms with van der Waals surface area (Å²) in [4.78, 5) is 35.8. The molecular formula is C10H15N3O4. The maximum atomic E-state index is 11.6. The van der Waals surface area contributed by atoms with Crippen LogP contribution >= 0.6 is 0 Å². The van der Waals surface area contributed by atoms with E-state index in [4.69, 9.17) is 0 Å². The molecule has 2 N–H and O–H groups in total. The van der Waals surface area contributed by atoms with E-state index in [1.807, 2.05) is 4.90 Å². The molecule has 2 rings (SSSR count). The van der Waals surface area contributed by atoms with Crippen LogP contribution in [0.5, 0.6) is 0 Å². The Morgan fingerprint density at radius 2 is 2.06 bits per heavy atom. The van der Waals surface area contributed by atoms with Crippen molar-refractivity contribution in [1.29, 1.82) is 0 Å². The fourth-order valence-corrected chi connectivity index (χ4v) is 2.22. The van der Waals surface area contributed by atoms with Gasteiger partial charge in [-0.05, 0) is 12.8 Å². The number of hydrogen-bond acceptors (Lipinski definition) is 5. The molecular weight excluding hydrogens is 226 g/mol. The van der Waals surface area contributed by atoms with Crippen LogP contribution in [0.4, 0.5) is 4.79 Å². The van der Waals surface area contributed by atoms with E-state index in [9.17, 15) is 14.4 Å². The van der Waals surface area contributed by atoms with Crippen LogP contribution < -0.4 is 10.6 Å². The minimum absolute atomic E-state index is 0.224. The summed E-state index contributed by atoms with van der Waals surface area (Å²) in [6, 6.07) is -0.434. The molecule has 7 nitrogen and oxygen atoms in total. The number of esters is 1. The largest absolute Gasteiger partial charge is 0.468 e. The van der Waals surface area contributed by atoms with Crippen LogP contribution in [0.2, 0.25) is 0 Å². The SMILES string of the molecule is COC(=O)CN1CCC2(CC1)NC(=O)NC2=O. The summed E-state index contributed by atoms with van der Waals surface area (Å²) in [5, 5.41) is 4.91. The number of hydrogen-bond donors (Lipinski definition) is 2. The predicted molar refractivity (Wildman–Crippen MR) is 57.1 cm³/mol. The summed E-state index contributed by atoms with van der Waals surface area (Å²) in [6.45, 7) is 1.40. The van der Waals surface area contributed by atoms with Gasteiger partial charge in [-0.25, -0.2) is 4.79 Å². The molecule has 0 unspecified atom stereocenters. The summed E-state index contributed by atoms with van der Waals surface area (Å²) in [5.74, 6) is -0.555. The van der Waals surface area contributed by atoms with Gasteiger partial charge in [0.05, 0.1) is 13.7 Å². The molecule has 0 aromatic carbocycles. The summed E-state index contributed by atoms with van der Waals surface area (Å²) in [5.41, 5.74) is -0.774. The number of nitrogens with one attached hydrogen (secondary N) is 2. The molecule has 0 atom stereocenters. The lowest BCUT2D eigenvalue weighted by Gasteiger charge is -2.36. The van der Waals surface area contributed by atoms with E-state index in [1.165, 1.54) is 7.11 Å². The summed E-state index contributed by atoms with van der Waals surface area (Å²) in [7, 11) is 1.35. The first-order valence-corrected chi connectivity index (χ1v) is 5.48. The number of carbonyl (C=O) groups is 3. The number of nitrogens with zero attached hydrogens (tertiary/aromatic N) is 1. The van der Waals surface area contributed by atoms with Crippen molar-refractivity contribution in [3.8, 4) is 0 Å². The quantitative estimate of drug-likeness (QED) is 0.470. The molecule has 94 valence electrons. The molecule has 0 saturated carbocycles. The van der Waals surface area contributed by atoms with E-state index in [2.05, 4.69) is 15.4 Å². The van der Waals surface area contributed by atoms with Crippen LogP contribution in [-0.4, -0.2) is 55.1 Å². The van der Waals surface area contributed by atoms with Crippen LogP contribution in [0.3, 0.4) is 0 Å². The van der Waals surface area contributed by atoms with Crippen LogP contribution in [0.1, 0.15) is 12.8 Å². The van der Waals surface area contributed by atoms with E-state index in [0.717, 1.165) is 0 Å². The Morgan fingerprint density at radius 3 is 2.53 bits per heavy atom. The molecule has 17 heavy (non-hydrogen) atoms. The zero-order valence-corrected chi connectivity index (χ0v) is 9.62. The van der Waals surface area contributed by atoms with E-state index < -0.39 is 11.6 Å². The van der Waals surface area contributed by atoms with Gasteiger partial charge in [0.2, 0.25) is 0 Å². The first-order chi connectivity index (χ1) is 8.05. The molecule has 2 aliphatic rings. The standard InChI is InChI=1S/C10H15N3O4/c1-17-7(14)6-13-4-2-10(3-5-13)8(15)11-9(16)12-10/h2-6H2,1H3,(H2,11,12,15,16). The summed E-state index contributed by atoms with van der Waals surface area (Å²) < 4.78 is 4.58. The Labute approximate surface area is 98.5 Å². The lowest BCUT2D eigenvalue weighted by atomic mass is 9.88. The van der Waals surface area contributed by atoms with Crippen molar-refractivity contribution in [3.05, 3.63) is 0 Å². The molecule has 0 aromatic rings. The number of amides is 3. The predicted octanol–water partition coefficient (Wildman–Crippen LogP) is -1.17. The molecule has 0 aliphatic carbocycles. The van der Waals surface area contributed by atoms with E-state index in [-0.39, 0.29) is 18.4 Å². The van der Waals surface area contributed by atoms with E-state index >= 15 is 0 Å². The molecule has 3 amide bonds. The van der Waals surface area contributed by atoms with E-state index in [1.54, 1.807) is 0 Å². The maximum absolute atomic E-state index is 11.6. The first kappa shape index (κ1) is 11.8. The lowest BCUT2D eigenvalue weighted by molar-refractivity contribution is -0.142. The molecule has 2 fully saturated rings. The number of rotatable bonds is 2. The Hall–Kier alpha value is -1.63. The second-order valence-electron chi connectivity index (χ2n) is 4.34. The van der Waals surface area contributed by atoms with Crippen LogP contribution in [0, 0.1) is 0 Å². The number of imide groups is 1. The van der Waals surface area contributed by atoms with Crippen molar-refractivity contribution in [1.82, 2.24) is 15.5 Å². The molecule has 2 heterocycles. The molecule has 1 spiro atoms. The van der Waals surface area contributed by atoms with Gasteiger partial charge in [0.25, 0.3) is 5.91 Å². The van der Waals surface area contributed by atoms with Crippen molar-refractivity contribution in [2.45, 2.75) is 18.4 Å². The third-order valence-corrected chi connectivity index (χ3v) is 3.30. The van der Waals surface area contributed by atoms with Crippen molar-refractivity contribution in [2.24, 2.45) is 0 Å². The third-order valence-electron chi connectivity index (χ3n) is 3.30. The van der Waals surface area contributed by atoms with Gasteiger partial charge in [0.1, 0.15) is 5.54 Å². The van der Waals surface area contributed by atoms with E-state index in [0.29, 0.717) is 25.9 Å². The van der Waals surface area contributed by atoms with Crippen molar-refractivity contribution < 1.29 is 19.1 Å². The Bertz CT molecular complexity index is 361. The fraction of sp³-hybridized carbons (Fsp3) is 0.700. The van der Waals surface area contributed by atoms with Crippen LogP contribution in [0.15, 0.2) is 0 Å². The average Bonchev–Trinajstić information content (AvgIpc) is 2.57. The smallest absolute Gasteiger partial charge is 0.322 e. The van der Waals surface area contributed by atoms with Gasteiger partial charge in [-0.1, -0.05) is 0 Å². The number of likely N-dealkylation sites (tertiary alicyclic amines) is 1. The minimum Gasteiger partial charge on any atom is -0.468 e. The topological polar surface area (TPSA) is 87.7 Å². The van der Waals surface area contributed by atoms with Crippen LogP contribution in [0.25, 0.3) is 0 Å². The van der Waals surface area contributed by atoms with Gasteiger partial charge in [-0.15, -0.1) is 0 Å². The van der Waals surface area contributed by atoms with Crippen molar-refractivity contribution >= 4 is 17.9 Å². The van der Waals surface area contributed by atoms with Gasteiger partial charge in [0.15, 0.2) is 0 Å². The monoisotopic (exact) mass is 241 g/mol. The number of methoxy groups -OCH3 is 1. The first-order valence-electron chi connectivity index (χ1n) is 5.48. The Morgan fingerprint density at radius 1 is 1.41 bits per heavy atom. The second kappa shape index (κ2) is 4.33. The highest BCUT2D eigenvalue weighted by atomic mass is 16.5. The molecule has 2 aliphatic heterocycles. The maximum Gasteiger partial charge on any atom is 0.322 e. The van der Waals surface area contributed by atoms with Gasteiger partial charge >= 0.3 is 12.0 Å². The van der Waals surface area contributed by atoms with Crippen LogP contribution in [-0.2, 0) is 14.3 Å². The number of piperidine rings is 1. The third kappa shape index (κ3) is 2.23. The van der Waals surface area contributed by atoms with Crippen molar-refractivity contribution in [2.75, 3.05) is 26.7 Å². The molecule has 2 saturated heterocycles. The normalized spacial score (nSPS) is 23.4. The highest BCUT2D eigenvalue weighted by molar-refractivity contribution is 6.07. The highest BCUT2D eigenvalue weighted by Crippen LogP contribution is 2.25. The lowest BCUT2D eigenvalue weighted by Crippen LogP contribution is -2.55. The molecule has 0 radical (unpaired) electrons. The summed E-state index contributed by atoms with van der Waals surface area (Å²) in [6.07, 6.45) is 1.03. The molecule has 0 bridgehead atoms. The van der Waals surface area contributed by atoms with Crippen molar-refractivity contribution in [3.63, 3.8) is 0 Å². The zero-order chi connectivity index (χ0) is 12.5. The number of ether oxygens (including phenoxy) is 1. The minimum atomic E-state index is -0.774.